The van der Waals surface area contributed by atoms with E-state index in [9.17, 15) is 5.11 Å². The second-order valence-corrected chi connectivity index (χ2v) is 4.23. The van der Waals surface area contributed by atoms with Crippen molar-refractivity contribution in [1.29, 1.82) is 0 Å². The van der Waals surface area contributed by atoms with Gasteiger partial charge >= 0.3 is 0 Å². The average molecular weight is 183 g/mol. The van der Waals surface area contributed by atoms with Crippen molar-refractivity contribution in [2.24, 2.45) is 5.92 Å². The summed E-state index contributed by atoms with van der Waals surface area (Å²) < 4.78 is 0. The van der Waals surface area contributed by atoms with Crippen molar-refractivity contribution in [3.8, 4) is 0 Å². The number of hydrogen-bond donors (Lipinski definition) is 1. The molecule has 1 aliphatic rings. The van der Waals surface area contributed by atoms with Crippen molar-refractivity contribution in [2.75, 3.05) is 0 Å². The molecule has 10 heavy (non-hydrogen) atoms. The van der Waals surface area contributed by atoms with Crippen LogP contribution in [0.15, 0.2) is 0 Å². The SMILES string of the molecule is CC1CC(Cl)CC(Cl)C1O. The summed E-state index contributed by atoms with van der Waals surface area (Å²) in [4.78, 5) is 0. The largest absolute Gasteiger partial charge is 0.391 e. The monoisotopic (exact) mass is 182 g/mol. The van der Waals surface area contributed by atoms with E-state index in [0.29, 0.717) is 0 Å². The van der Waals surface area contributed by atoms with Crippen LogP contribution in [-0.4, -0.2) is 22.0 Å². The Labute approximate surface area is 71.3 Å². The maximum absolute atomic E-state index is 9.37. The van der Waals surface area contributed by atoms with Crippen molar-refractivity contribution in [2.45, 2.75) is 36.6 Å². The molecule has 0 aromatic heterocycles. The summed E-state index contributed by atoms with van der Waals surface area (Å²) in [5.41, 5.74) is 0. The number of hydrogen-bond acceptors (Lipinski definition) is 1. The first-order valence-electron chi connectivity index (χ1n) is 3.57. The Morgan fingerprint density at radius 3 is 2.40 bits per heavy atom. The topological polar surface area (TPSA) is 20.2 Å². The van der Waals surface area contributed by atoms with Gasteiger partial charge in [0.25, 0.3) is 0 Å². The van der Waals surface area contributed by atoms with Crippen LogP contribution in [0.4, 0.5) is 0 Å². The molecule has 0 radical (unpaired) electrons. The molecule has 0 spiro atoms. The summed E-state index contributed by atoms with van der Waals surface area (Å²) in [6, 6.07) is 0. The van der Waals surface area contributed by atoms with Crippen LogP contribution in [0.25, 0.3) is 0 Å². The van der Waals surface area contributed by atoms with Gasteiger partial charge in [0.15, 0.2) is 0 Å². The predicted octanol–water partition coefficient (Wildman–Crippen LogP) is 1.99. The van der Waals surface area contributed by atoms with E-state index in [-0.39, 0.29) is 22.8 Å². The molecule has 1 saturated carbocycles. The molecule has 1 N–H and O–H groups in total. The summed E-state index contributed by atoms with van der Waals surface area (Å²) >= 11 is 11.7. The van der Waals surface area contributed by atoms with Crippen molar-refractivity contribution in [1.82, 2.24) is 0 Å². The van der Waals surface area contributed by atoms with Crippen LogP contribution in [0, 0.1) is 5.92 Å². The van der Waals surface area contributed by atoms with E-state index in [1.54, 1.807) is 0 Å². The summed E-state index contributed by atoms with van der Waals surface area (Å²) in [6.45, 7) is 1.98. The zero-order chi connectivity index (χ0) is 7.72. The molecule has 0 heterocycles. The lowest BCUT2D eigenvalue weighted by Gasteiger charge is -2.31. The number of rotatable bonds is 0. The molecule has 4 atom stereocenters. The zero-order valence-corrected chi connectivity index (χ0v) is 7.44. The number of aliphatic hydroxyl groups is 1. The van der Waals surface area contributed by atoms with Gasteiger partial charge in [-0.2, -0.15) is 0 Å². The van der Waals surface area contributed by atoms with E-state index in [4.69, 9.17) is 23.2 Å². The standard InChI is InChI=1S/C7H12Cl2O/c1-4-2-5(8)3-6(9)7(4)10/h4-7,10H,2-3H2,1H3. The van der Waals surface area contributed by atoms with Crippen molar-refractivity contribution in [3.05, 3.63) is 0 Å². The fourth-order valence-corrected chi connectivity index (χ4v) is 2.41. The Morgan fingerprint density at radius 2 is 1.90 bits per heavy atom. The van der Waals surface area contributed by atoms with Crippen LogP contribution in [0.2, 0.25) is 0 Å². The maximum Gasteiger partial charge on any atom is 0.0730 e. The highest BCUT2D eigenvalue weighted by Gasteiger charge is 2.31. The molecule has 0 saturated heterocycles. The third-order valence-electron chi connectivity index (χ3n) is 2.06. The van der Waals surface area contributed by atoms with Crippen molar-refractivity contribution in [3.63, 3.8) is 0 Å². The van der Waals surface area contributed by atoms with Gasteiger partial charge in [0, 0.05) is 5.38 Å². The summed E-state index contributed by atoms with van der Waals surface area (Å²) in [5, 5.41) is 9.38. The minimum absolute atomic E-state index is 0.147. The quantitative estimate of drug-likeness (QED) is 0.569. The van der Waals surface area contributed by atoms with Gasteiger partial charge in [-0.05, 0) is 18.8 Å². The van der Waals surface area contributed by atoms with Crippen LogP contribution < -0.4 is 0 Å². The molecule has 4 unspecified atom stereocenters. The van der Waals surface area contributed by atoms with Gasteiger partial charge < -0.3 is 5.11 Å². The summed E-state index contributed by atoms with van der Waals surface area (Å²) in [5.74, 6) is 0.249. The normalized spacial score (nSPS) is 49.2. The van der Waals surface area contributed by atoms with Gasteiger partial charge in [-0.25, -0.2) is 0 Å². The predicted molar refractivity (Wildman–Crippen MR) is 43.7 cm³/mol. The first kappa shape index (κ1) is 8.63. The van der Waals surface area contributed by atoms with Crippen molar-refractivity contribution >= 4 is 23.2 Å². The highest BCUT2D eigenvalue weighted by molar-refractivity contribution is 6.24. The van der Waals surface area contributed by atoms with E-state index >= 15 is 0 Å². The Bertz CT molecular complexity index is 106. The molecule has 0 bridgehead atoms. The average Bonchev–Trinajstić information content (AvgIpc) is 1.82. The maximum atomic E-state index is 9.37. The van der Waals surface area contributed by atoms with Gasteiger partial charge in [0.1, 0.15) is 0 Å². The highest BCUT2D eigenvalue weighted by Crippen LogP contribution is 2.31. The molecular formula is C7H12Cl2O. The van der Waals surface area contributed by atoms with E-state index < -0.39 is 0 Å². The third-order valence-corrected chi connectivity index (χ3v) is 2.85. The number of halogens is 2. The van der Waals surface area contributed by atoms with Crippen LogP contribution in [-0.2, 0) is 0 Å². The second kappa shape index (κ2) is 3.29. The Balaban J connectivity index is 2.49. The van der Waals surface area contributed by atoms with Gasteiger partial charge in [-0.1, -0.05) is 6.92 Å². The smallest absolute Gasteiger partial charge is 0.0730 e. The van der Waals surface area contributed by atoms with Crippen LogP contribution in [0.5, 0.6) is 0 Å². The number of aliphatic hydroxyl groups excluding tert-OH is 1. The first-order chi connectivity index (χ1) is 4.61. The number of alkyl halides is 2. The van der Waals surface area contributed by atoms with Crippen LogP contribution >= 0.6 is 23.2 Å². The summed E-state index contributed by atoms with van der Waals surface area (Å²) in [7, 11) is 0. The second-order valence-electron chi connectivity index (χ2n) is 3.05. The molecule has 60 valence electrons. The van der Waals surface area contributed by atoms with Gasteiger partial charge in [0.2, 0.25) is 0 Å². The lowest BCUT2D eigenvalue weighted by Crippen LogP contribution is -2.36. The van der Waals surface area contributed by atoms with E-state index in [1.807, 2.05) is 6.92 Å². The minimum atomic E-state index is -0.364. The Hall–Kier alpha value is 0.540. The van der Waals surface area contributed by atoms with E-state index in [2.05, 4.69) is 0 Å². The van der Waals surface area contributed by atoms with Crippen LogP contribution in [0.3, 0.4) is 0 Å². The molecular weight excluding hydrogens is 171 g/mol. The fraction of sp³-hybridized carbons (Fsp3) is 1.00. The van der Waals surface area contributed by atoms with Gasteiger partial charge in [-0.15, -0.1) is 23.2 Å². The lowest BCUT2D eigenvalue weighted by atomic mass is 9.87. The molecule has 1 aliphatic carbocycles. The molecule has 0 aromatic rings. The van der Waals surface area contributed by atoms with E-state index in [0.717, 1.165) is 12.8 Å². The zero-order valence-electron chi connectivity index (χ0n) is 5.93. The molecule has 0 aliphatic heterocycles. The van der Waals surface area contributed by atoms with Crippen molar-refractivity contribution < 1.29 is 5.11 Å². The van der Waals surface area contributed by atoms with E-state index in [1.165, 1.54) is 0 Å². The third kappa shape index (κ3) is 1.77. The molecule has 0 amide bonds. The van der Waals surface area contributed by atoms with Gasteiger partial charge in [0.05, 0.1) is 11.5 Å². The lowest BCUT2D eigenvalue weighted by molar-refractivity contribution is 0.0847. The Kier molecular flexibility index (Phi) is 2.84. The molecule has 0 aromatic carbocycles. The van der Waals surface area contributed by atoms with Gasteiger partial charge in [-0.3, -0.25) is 0 Å². The fourth-order valence-electron chi connectivity index (χ4n) is 1.38. The molecule has 3 heteroatoms. The highest BCUT2D eigenvalue weighted by atomic mass is 35.5. The first-order valence-corrected chi connectivity index (χ1v) is 4.44. The minimum Gasteiger partial charge on any atom is -0.391 e. The van der Waals surface area contributed by atoms with Crippen LogP contribution in [0.1, 0.15) is 19.8 Å². The molecule has 1 nitrogen and oxygen atoms in total. The molecule has 1 rings (SSSR count). The Morgan fingerprint density at radius 1 is 1.30 bits per heavy atom. The summed E-state index contributed by atoms with van der Waals surface area (Å²) in [6.07, 6.45) is 1.25. The molecule has 1 fully saturated rings.